The number of hydrogen-bond donors (Lipinski definition) is 2. The van der Waals surface area contributed by atoms with Gasteiger partial charge in [0.05, 0.1) is 0 Å². The molecule has 4 nitrogen and oxygen atoms in total. The first kappa shape index (κ1) is 17.6. The second-order valence-corrected chi connectivity index (χ2v) is 20.4. The van der Waals surface area contributed by atoms with Crippen molar-refractivity contribution in [3.05, 3.63) is 27.7 Å². The van der Waals surface area contributed by atoms with Crippen molar-refractivity contribution in [2.45, 2.75) is 28.2 Å². The summed E-state index contributed by atoms with van der Waals surface area (Å²) in [6, 6.07) is 3.25. The summed E-state index contributed by atoms with van der Waals surface area (Å²) in [5.41, 5.74) is 4.99. The van der Waals surface area contributed by atoms with Crippen molar-refractivity contribution in [3.63, 3.8) is 0 Å². The summed E-state index contributed by atoms with van der Waals surface area (Å²) < 4.78 is 0.914. The van der Waals surface area contributed by atoms with Crippen LogP contribution in [-0.2, 0) is 4.79 Å². The van der Waals surface area contributed by atoms with Crippen LogP contribution in [0.15, 0.2) is 12.1 Å². The number of amides is 2. The molecule has 0 radical (unpaired) electrons. The van der Waals surface area contributed by atoms with E-state index in [1.807, 2.05) is 0 Å². The quantitative estimate of drug-likeness (QED) is 0.580. The van der Waals surface area contributed by atoms with Gasteiger partial charge in [-0.3, -0.25) is 0 Å². The van der Waals surface area contributed by atoms with Crippen LogP contribution in [0.2, 0.25) is 24.9 Å². The van der Waals surface area contributed by atoms with Crippen molar-refractivity contribution in [1.82, 2.24) is 10.9 Å². The Morgan fingerprint density at radius 1 is 1.15 bits per heavy atom. The normalized spacial score (nSPS) is 11.1. The molecule has 7 heteroatoms. The molecule has 2 N–H and O–H groups in total. The molecule has 0 aliphatic carbocycles. The summed E-state index contributed by atoms with van der Waals surface area (Å²) in [6.07, 6.45) is 0.290. The maximum atomic E-state index is 12.0. The summed E-state index contributed by atoms with van der Waals surface area (Å²) in [4.78, 5) is 29.7. The van der Waals surface area contributed by atoms with Crippen molar-refractivity contribution < 1.29 is 9.59 Å². The van der Waals surface area contributed by atoms with E-state index in [-0.39, 0.29) is 5.91 Å². The summed E-state index contributed by atoms with van der Waals surface area (Å²) in [6.45, 7) is 1.70. The number of rotatable bonds is 3. The second kappa shape index (κ2) is 7.00. The molecule has 1 aromatic carbocycles. The minimum atomic E-state index is -2.54. The van der Waals surface area contributed by atoms with E-state index >= 15 is 0 Å². The van der Waals surface area contributed by atoms with E-state index in [4.69, 9.17) is 23.2 Å². The molecule has 0 heterocycles. The number of hydrazine groups is 1. The molecule has 0 aromatic heterocycles. The van der Waals surface area contributed by atoms with Crippen LogP contribution in [0, 0.1) is 0 Å². The van der Waals surface area contributed by atoms with Crippen LogP contribution in [0.1, 0.15) is 23.7 Å². The average Bonchev–Trinajstić information content (AvgIpc) is 2.33. The van der Waals surface area contributed by atoms with Crippen LogP contribution in [0.25, 0.3) is 0 Å². The molecule has 0 atom stereocenters. The number of carbonyl (C=O) groups excluding carboxylic acids is 2. The molecule has 1 rings (SSSR count). The van der Waals surface area contributed by atoms with Gasteiger partial charge in [-0.1, -0.05) is 0 Å². The first-order valence-electron chi connectivity index (χ1n) is 6.26. The molecule has 0 spiro atoms. The second-order valence-electron chi connectivity index (χ2n) is 5.39. The third-order valence-electron chi connectivity index (χ3n) is 2.72. The zero-order chi connectivity index (χ0) is 15.5. The summed E-state index contributed by atoms with van der Waals surface area (Å²) in [5.74, 6) is -0.705. The van der Waals surface area contributed by atoms with Gasteiger partial charge in [-0.05, 0) is 0 Å². The third-order valence-corrected chi connectivity index (χ3v) is 10.1. The summed E-state index contributed by atoms with van der Waals surface area (Å²) in [5, 5.41) is 0.997. The van der Waals surface area contributed by atoms with Gasteiger partial charge >= 0.3 is 133 Å². The molecule has 0 saturated carbocycles. The van der Waals surface area contributed by atoms with Crippen LogP contribution < -0.4 is 14.4 Å². The van der Waals surface area contributed by atoms with E-state index in [9.17, 15) is 9.59 Å². The van der Waals surface area contributed by atoms with Crippen LogP contribution in [0.5, 0.6) is 0 Å². The molecule has 0 bridgehead atoms. The zero-order valence-corrected chi connectivity index (χ0v) is 16.3. The van der Waals surface area contributed by atoms with Gasteiger partial charge in [-0.25, -0.2) is 0 Å². The topological polar surface area (TPSA) is 58.2 Å². The molecule has 0 aliphatic rings. The Kier molecular flexibility index (Phi) is 6.16. The van der Waals surface area contributed by atoms with E-state index in [1.165, 1.54) is 0 Å². The average molecular weight is 424 g/mol. The van der Waals surface area contributed by atoms with Gasteiger partial charge in [-0.15, -0.1) is 0 Å². The fourth-order valence-electron chi connectivity index (χ4n) is 1.70. The summed E-state index contributed by atoms with van der Waals surface area (Å²) in [7, 11) is 0. The Balaban J connectivity index is 3.09. The van der Waals surface area contributed by atoms with Crippen LogP contribution in [-0.4, -0.2) is 30.2 Å². The fourth-order valence-corrected chi connectivity index (χ4v) is 10.5. The van der Waals surface area contributed by atoms with Crippen LogP contribution in [0.4, 0.5) is 0 Å². The summed E-state index contributed by atoms with van der Waals surface area (Å²) >= 11 is 10.0. The van der Waals surface area contributed by atoms with Gasteiger partial charge in [0, 0.05) is 0 Å². The number of carbonyl (C=O) groups is 2. The Morgan fingerprint density at radius 3 is 2.25 bits per heavy atom. The maximum absolute atomic E-state index is 12.0. The number of hydrogen-bond acceptors (Lipinski definition) is 2. The molecule has 20 heavy (non-hydrogen) atoms. The molecular formula is C13H18Cl2N2O2Sn. The SMILES string of the molecule is CCC(=O)NNC(=O)c1ccc(Cl)[c]([Sn]([CH3])([CH3])[CH3])c1Cl. The first-order valence-corrected chi connectivity index (χ1v) is 17.0. The van der Waals surface area contributed by atoms with Gasteiger partial charge < -0.3 is 0 Å². The minimum absolute atomic E-state index is 0.265. The molecule has 0 unspecified atom stereocenters. The van der Waals surface area contributed by atoms with Crippen LogP contribution in [0.3, 0.4) is 0 Å². The molecule has 1 aromatic rings. The van der Waals surface area contributed by atoms with Crippen molar-refractivity contribution in [2.75, 3.05) is 0 Å². The van der Waals surface area contributed by atoms with Crippen LogP contribution >= 0.6 is 23.2 Å². The van der Waals surface area contributed by atoms with Gasteiger partial charge in [0.25, 0.3) is 0 Å². The van der Waals surface area contributed by atoms with Gasteiger partial charge in [0.2, 0.25) is 0 Å². The Labute approximate surface area is 133 Å². The van der Waals surface area contributed by atoms with Crippen molar-refractivity contribution in [2.24, 2.45) is 0 Å². The van der Waals surface area contributed by atoms with Gasteiger partial charge in [0.15, 0.2) is 0 Å². The van der Waals surface area contributed by atoms with E-state index < -0.39 is 24.3 Å². The number of nitrogens with one attached hydrogen (secondary N) is 2. The van der Waals surface area contributed by atoms with Crippen molar-refractivity contribution in [1.29, 1.82) is 0 Å². The molecule has 0 saturated heterocycles. The zero-order valence-electron chi connectivity index (χ0n) is 11.9. The fraction of sp³-hybridized carbons (Fsp3) is 0.385. The van der Waals surface area contributed by atoms with E-state index in [0.717, 1.165) is 3.58 Å². The van der Waals surface area contributed by atoms with Crippen molar-refractivity contribution >= 4 is 57.0 Å². The molecule has 2 amide bonds. The Bertz CT molecular complexity index is 542. The molecule has 110 valence electrons. The third kappa shape index (κ3) is 4.26. The molecule has 0 aliphatic heterocycles. The number of halogens is 2. The van der Waals surface area contributed by atoms with E-state index in [2.05, 4.69) is 25.7 Å². The Morgan fingerprint density at radius 2 is 1.75 bits per heavy atom. The predicted octanol–water partition coefficient (Wildman–Crippen LogP) is 2.71. The molecule has 0 fully saturated rings. The standard InChI is InChI=1S/C10H9Cl2N2O2.3CH3.Sn/c1-2-9(15)13-14-10(16)7-4-3-6(11)5-8(7)12;;;;/h3-4H,2H2,1H3,(H,13,15)(H,14,16);3*1H3;. The Hall–Kier alpha value is -0.461. The monoisotopic (exact) mass is 424 g/mol. The van der Waals surface area contributed by atoms with Gasteiger partial charge in [0.1, 0.15) is 0 Å². The molecular weight excluding hydrogens is 406 g/mol. The van der Waals surface area contributed by atoms with Crippen molar-refractivity contribution in [3.8, 4) is 0 Å². The van der Waals surface area contributed by atoms with Gasteiger partial charge in [-0.2, -0.15) is 0 Å². The van der Waals surface area contributed by atoms with E-state index in [1.54, 1.807) is 19.1 Å². The number of benzene rings is 1. The van der Waals surface area contributed by atoms with E-state index in [0.29, 0.717) is 22.0 Å². The predicted molar refractivity (Wildman–Crippen MR) is 85.3 cm³/mol. The first-order chi connectivity index (χ1) is 9.18.